The Morgan fingerprint density at radius 3 is 2.39 bits per heavy atom. The number of hydroxylamine groups is 1. The molecule has 33 heavy (non-hydrogen) atoms. The second-order valence-corrected chi connectivity index (χ2v) is 8.24. The Morgan fingerprint density at radius 2 is 1.70 bits per heavy atom. The first-order valence-electron chi connectivity index (χ1n) is 10.6. The predicted octanol–water partition coefficient (Wildman–Crippen LogP) is 4.50. The van der Waals surface area contributed by atoms with E-state index in [1.807, 2.05) is 37.3 Å². The molecule has 168 valence electrons. The number of imide groups is 1. The number of ether oxygens (including phenoxy) is 1. The zero-order valence-corrected chi connectivity index (χ0v) is 18.5. The van der Waals surface area contributed by atoms with Crippen molar-refractivity contribution >= 4 is 34.8 Å². The molecule has 2 amide bonds. The van der Waals surface area contributed by atoms with Crippen molar-refractivity contribution < 1.29 is 24.3 Å². The van der Waals surface area contributed by atoms with Crippen molar-refractivity contribution in [3.63, 3.8) is 0 Å². The Kier molecular flexibility index (Phi) is 5.44. The number of aromatic hydroxyl groups is 1. The van der Waals surface area contributed by atoms with E-state index in [2.05, 4.69) is 0 Å². The number of hydrogen-bond acceptors (Lipinski definition) is 6. The number of hydrogen-bond donors (Lipinski definition) is 1. The lowest BCUT2D eigenvalue weighted by Crippen LogP contribution is -2.37. The Hall–Kier alpha value is -3.55. The minimum Gasteiger partial charge on any atom is -0.504 e. The highest BCUT2D eigenvalue weighted by Crippen LogP contribution is 2.48. The minimum atomic E-state index is -0.984. The molecule has 0 aromatic heterocycles. The first-order chi connectivity index (χ1) is 16.0. The molecule has 0 bridgehead atoms. The maximum atomic E-state index is 13.6. The zero-order valence-electron chi connectivity index (χ0n) is 17.7. The van der Waals surface area contributed by atoms with E-state index in [9.17, 15) is 14.7 Å². The average molecular weight is 465 g/mol. The maximum absolute atomic E-state index is 13.6. The summed E-state index contributed by atoms with van der Waals surface area (Å²) >= 11 is 5.98. The number of nitrogens with zero attached hydrogens (tertiary/aromatic N) is 2. The first kappa shape index (κ1) is 21.3. The number of amides is 2. The molecule has 3 atom stereocenters. The second-order valence-electron chi connectivity index (χ2n) is 7.81. The van der Waals surface area contributed by atoms with E-state index in [-0.39, 0.29) is 11.7 Å². The third kappa shape index (κ3) is 3.59. The van der Waals surface area contributed by atoms with Gasteiger partial charge in [-0.25, -0.2) is 9.96 Å². The highest BCUT2D eigenvalue weighted by molar-refractivity contribution is 6.31. The van der Waals surface area contributed by atoms with Gasteiger partial charge in [-0.3, -0.25) is 14.4 Å². The van der Waals surface area contributed by atoms with Gasteiger partial charge in [-0.2, -0.15) is 0 Å². The quantitative estimate of drug-likeness (QED) is 0.560. The molecular weight excluding hydrogens is 444 g/mol. The fourth-order valence-corrected chi connectivity index (χ4v) is 4.51. The van der Waals surface area contributed by atoms with Crippen molar-refractivity contribution in [3.05, 3.63) is 83.4 Å². The van der Waals surface area contributed by atoms with E-state index < -0.39 is 24.0 Å². The van der Waals surface area contributed by atoms with E-state index in [1.165, 1.54) is 6.07 Å². The monoisotopic (exact) mass is 464 g/mol. The topological polar surface area (TPSA) is 79.3 Å². The van der Waals surface area contributed by atoms with Gasteiger partial charge in [0, 0.05) is 5.02 Å². The van der Waals surface area contributed by atoms with Crippen LogP contribution in [-0.2, 0) is 14.4 Å². The Balaban J connectivity index is 1.59. The summed E-state index contributed by atoms with van der Waals surface area (Å²) in [5, 5.41) is 12.3. The maximum Gasteiger partial charge on any atom is 0.266 e. The van der Waals surface area contributed by atoms with E-state index in [1.54, 1.807) is 41.5 Å². The van der Waals surface area contributed by atoms with Crippen LogP contribution in [0.3, 0.4) is 0 Å². The number of phenols is 1. The molecule has 0 aliphatic carbocycles. The highest BCUT2D eigenvalue weighted by atomic mass is 35.5. The summed E-state index contributed by atoms with van der Waals surface area (Å²) < 4.78 is 5.55. The van der Waals surface area contributed by atoms with E-state index in [0.29, 0.717) is 34.3 Å². The van der Waals surface area contributed by atoms with Gasteiger partial charge in [-0.15, -0.1) is 0 Å². The Morgan fingerprint density at radius 1 is 0.970 bits per heavy atom. The summed E-state index contributed by atoms with van der Waals surface area (Å²) in [6, 6.07) is 20.2. The molecule has 2 saturated heterocycles. The number of carbonyl (C=O) groups excluding carboxylic acids is 2. The molecule has 2 heterocycles. The third-order valence-electron chi connectivity index (χ3n) is 5.84. The van der Waals surface area contributed by atoms with Crippen molar-refractivity contribution in [2.75, 3.05) is 16.6 Å². The van der Waals surface area contributed by atoms with Crippen molar-refractivity contribution in [1.29, 1.82) is 0 Å². The number of para-hydroxylation sites is 1. The van der Waals surface area contributed by atoms with Crippen LogP contribution in [0.5, 0.6) is 11.5 Å². The van der Waals surface area contributed by atoms with Crippen molar-refractivity contribution in [2.24, 2.45) is 5.92 Å². The van der Waals surface area contributed by atoms with Gasteiger partial charge < -0.3 is 9.84 Å². The van der Waals surface area contributed by atoms with Crippen LogP contribution in [0.25, 0.3) is 0 Å². The average Bonchev–Trinajstić information content (AvgIpc) is 3.33. The number of halogens is 1. The van der Waals surface area contributed by atoms with Crippen LogP contribution in [-0.4, -0.2) is 29.6 Å². The molecule has 3 aromatic rings. The first-order valence-corrected chi connectivity index (χ1v) is 11.0. The molecule has 0 radical (unpaired) electrons. The molecule has 2 aliphatic rings. The summed E-state index contributed by atoms with van der Waals surface area (Å²) in [4.78, 5) is 34.2. The van der Waals surface area contributed by atoms with Crippen LogP contribution in [0, 0.1) is 5.92 Å². The van der Waals surface area contributed by atoms with Gasteiger partial charge in [0.15, 0.2) is 17.6 Å². The second kappa shape index (κ2) is 8.42. The van der Waals surface area contributed by atoms with Gasteiger partial charge >= 0.3 is 0 Å². The zero-order chi connectivity index (χ0) is 23.1. The smallest absolute Gasteiger partial charge is 0.266 e. The minimum absolute atomic E-state index is 0.000980. The molecule has 3 aromatic carbocycles. The summed E-state index contributed by atoms with van der Waals surface area (Å²) in [6.07, 6.45) is -0.984. The van der Waals surface area contributed by atoms with E-state index >= 15 is 0 Å². The van der Waals surface area contributed by atoms with Crippen LogP contribution in [0.2, 0.25) is 5.02 Å². The lowest BCUT2D eigenvalue weighted by atomic mass is 9.90. The van der Waals surface area contributed by atoms with Crippen molar-refractivity contribution in [1.82, 2.24) is 0 Å². The van der Waals surface area contributed by atoms with Gasteiger partial charge in [0.1, 0.15) is 5.92 Å². The highest BCUT2D eigenvalue weighted by Gasteiger charge is 2.60. The number of anilines is 2. The Bertz CT molecular complexity index is 1200. The number of benzene rings is 3. The number of rotatable bonds is 5. The summed E-state index contributed by atoms with van der Waals surface area (Å²) in [6.45, 7) is 2.19. The standard InChI is InChI=1S/C25H21ClN2O5/c1-2-32-20-14-15(8-13-19(20)29)22-21-23(33-28(22)18-6-4-3-5-7-18)25(31)27(24(21)30)17-11-9-16(26)10-12-17/h3-14,21-23,29H,2H2,1H3/t21-,22+,23-/m1/s1. The molecule has 0 saturated carbocycles. The van der Waals surface area contributed by atoms with Crippen LogP contribution in [0.15, 0.2) is 72.8 Å². The molecule has 5 rings (SSSR count). The van der Waals surface area contributed by atoms with Crippen LogP contribution >= 0.6 is 11.6 Å². The van der Waals surface area contributed by atoms with Gasteiger partial charge in [0.2, 0.25) is 5.91 Å². The van der Waals surface area contributed by atoms with E-state index in [4.69, 9.17) is 21.2 Å². The summed E-state index contributed by atoms with van der Waals surface area (Å²) in [5.74, 6) is -1.27. The van der Waals surface area contributed by atoms with Crippen molar-refractivity contribution in [2.45, 2.75) is 19.1 Å². The largest absolute Gasteiger partial charge is 0.504 e. The van der Waals surface area contributed by atoms with Gasteiger partial charge in [-0.05, 0) is 61.0 Å². The van der Waals surface area contributed by atoms with Gasteiger partial charge in [-0.1, -0.05) is 35.9 Å². The molecule has 8 heteroatoms. The van der Waals surface area contributed by atoms with Crippen LogP contribution in [0.1, 0.15) is 18.5 Å². The number of carbonyl (C=O) groups is 2. The number of phenolic OH excluding ortho intramolecular Hbond substituents is 1. The van der Waals surface area contributed by atoms with Crippen LogP contribution in [0.4, 0.5) is 11.4 Å². The van der Waals surface area contributed by atoms with Crippen LogP contribution < -0.4 is 14.7 Å². The molecule has 0 unspecified atom stereocenters. The lowest BCUT2D eigenvalue weighted by molar-refractivity contribution is -0.126. The molecule has 2 fully saturated rings. The lowest BCUT2D eigenvalue weighted by Gasteiger charge is -2.29. The molecular formula is C25H21ClN2O5. The fourth-order valence-electron chi connectivity index (χ4n) is 4.38. The number of fused-ring (bicyclic) bond motifs is 1. The van der Waals surface area contributed by atoms with Gasteiger partial charge in [0.05, 0.1) is 24.0 Å². The fraction of sp³-hybridized carbons (Fsp3) is 0.200. The molecule has 7 nitrogen and oxygen atoms in total. The van der Waals surface area contributed by atoms with E-state index in [0.717, 1.165) is 4.90 Å². The normalized spacial score (nSPS) is 22.1. The SMILES string of the molecule is CCOc1cc([C@H]2[C@H]3C(=O)N(c4ccc(Cl)cc4)C(=O)[C@@H]3ON2c2ccccc2)ccc1O. The molecule has 1 N–H and O–H groups in total. The third-order valence-corrected chi connectivity index (χ3v) is 6.09. The molecule has 0 spiro atoms. The molecule has 2 aliphatic heterocycles. The summed E-state index contributed by atoms with van der Waals surface area (Å²) in [5.41, 5.74) is 1.84. The van der Waals surface area contributed by atoms with Gasteiger partial charge in [0.25, 0.3) is 5.91 Å². The van der Waals surface area contributed by atoms with Crippen molar-refractivity contribution in [3.8, 4) is 11.5 Å². The Labute approximate surface area is 195 Å². The summed E-state index contributed by atoms with van der Waals surface area (Å²) in [7, 11) is 0. The predicted molar refractivity (Wildman–Crippen MR) is 123 cm³/mol.